The summed E-state index contributed by atoms with van der Waals surface area (Å²) < 4.78 is 18.5. The maximum absolute atomic E-state index is 8.07. The van der Waals surface area contributed by atoms with Crippen molar-refractivity contribution < 1.29 is 2.74 Å². The van der Waals surface area contributed by atoms with Crippen LogP contribution < -0.4 is 0 Å². The molecule has 1 heteroatoms. The highest BCUT2D eigenvalue weighted by atomic mass is 32.1. The lowest BCUT2D eigenvalue weighted by Gasteiger charge is -2.20. The van der Waals surface area contributed by atoms with Crippen LogP contribution in [-0.4, -0.2) is 0 Å². The number of thiophene rings is 1. The first-order chi connectivity index (χ1) is 25.1. The lowest BCUT2D eigenvalue weighted by atomic mass is 9.83. The molecule has 0 amide bonds. The SMILES string of the molecule is [2H]c1ccc2cc(-c3ccccc3-c3c4ccccc4c(-c4ccc(-c5ccc6sc7cc([2H])ccc7c6c5)cc4)c4ccccc34)ccc2c1. The molecule has 0 saturated heterocycles. The van der Waals surface area contributed by atoms with Crippen LogP contribution in [0.15, 0.2) is 182 Å². The number of hydrogen-bond donors (Lipinski definition) is 0. The molecule has 0 N–H and O–H groups in total. The molecule has 1 heterocycles. The van der Waals surface area contributed by atoms with Crippen molar-refractivity contribution in [2.75, 3.05) is 0 Å². The van der Waals surface area contributed by atoms with Crippen molar-refractivity contribution in [2.24, 2.45) is 0 Å². The van der Waals surface area contributed by atoms with Crippen molar-refractivity contribution in [3.8, 4) is 44.5 Å². The van der Waals surface area contributed by atoms with Crippen molar-refractivity contribution in [1.82, 2.24) is 0 Å². The molecule has 0 saturated carbocycles. The Morgan fingerprint density at radius 3 is 1.67 bits per heavy atom. The summed E-state index contributed by atoms with van der Waals surface area (Å²) in [6, 6.07) is 61.6. The predicted molar refractivity (Wildman–Crippen MR) is 214 cm³/mol. The third-order valence-electron chi connectivity index (χ3n) is 9.95. The summed E-state index contributed by atoms with van der Waals surface area (Å²) >= 11 is 1.76. The summed E-state index contributed by atoms with van der Waals surface area (Å²) in [5, 5.41) is 9.60. The van der Waals surface area contributed by atoms with Gasteiger partial charge in [0.15, 0.2) is 0 Å². The summed E-state index contributed by atoms with van der Waals surface area (Å²) in [5.74, 6) is 0. The second kappa shape index (κ2) is 11.3. The number of benzene rings is 9. The van der Waals surface area contributed by atoms with Gasteiger partial charge in [-0.1, -0.05) is 158 Å². The fourth-order valence-corrected chi connectivity index (χ4v) is 8.72. The van der Waals surface area contributed by atoms with Crippen molar-refractivity contribution >= 4 is 63.8 Å². The van der Waals surface area contributed by atoms with Gasteiger partial charge in [-0.15, -0.1) is 11.3 Å². The minimum Gasteiger partial charge on any atom is -0.135 e. The van der Waals surface area contributed by atoms with E-state index in [2.05, 4.69) is 140 Å². The zero-order valence-corrected chi connectivity index (χ0v) is 27.4. The van der Waals surface area contributed by atoms with Gasteiger partial charge in [0.05, 0.1) is 2.74 Å². The van der Waals surface area contributed by atoms with Crippen LogP contribution in [-0.2, 0) is 0 Å². The van der Waals surface area contributed by atoms with Crippen LogP contribution in [0, 0.1) is 0 Å². The van der Waals surface area contributed by atoms with Crippen molar-refractivity contribution in [1.29, 1.82) is 0 Å². The molecule has 228 valence electrons. The van der Waals surface area contributed by atoms with Crippen molar-refractivity contribution in [3.63, 3.8) is 0 Å². The van der Waals surface area contributed by atoms with E-state index in [4.69, 9.17) is 2.74 Å². The van der Waals surface area contributed by atoms with Gasteiger partial charge in [-0.3, -0.25) is 0 Å². The fraction of sp³-hybridized carbons (Fsp3) is 0. The first-order valence-corrected chi connectivity index (χ1v) is 17.5. The van der Waals surface area contributed by atoms with Gasteiger partial charge in [0, 0.05) is 20.2 Å². The quantitative estimate of drug-likeness (QED) is 0.168. The highest BCUT2D eigenvalue weighted by Crippen LogP contribution is 2.46. The molecule has 0 nitrogen and oxygen atoms in total. The third kappa shape index (κ3) is 4.58. The van der Waals surface area contributed by atoms with Gasteiger partial charge in [-0.25, -0.2) is 0 Å². The van der Waals surface area contributed by atoms with E-state index >= 15 is 0 Å². The monoisotopic (exact) mass is 640 g/mol. The van der Waals surface area contributed by atoms with Crippen molar-refractivity contribution in [2.45, 2.75) is 0 Å². The minimum absolute atomic E-state index is 0.529. The topological polar surface area (TPSA) is 0 Å². The molecule has 0 radical (unpaired) electrons. The molecule has 0 bridgehead atoms. The van der Waals surface area contributed by atoms with Crippen LogP contribution in [0.1, 0.15) is 2.74 Å². The van der Waals surface area contributed by atoms with E-state index in [9.17, 15) is 0 Å². The zero-order chi connectivity index (χ0) is 34.1. The molecule has 9 aromatic carbocycles. The van der Waals surface area contributed by atoms with Crippen LogP contribution in [0.5, 0.6) is 0 Å². The Morgan fingerprint density at radius 2 is 0.898 bits per heavy atom. The Hall–Kier alpha value is -6.02. The summed E-state index contributed by atoms with van der Waals surface area (Å²) in [7, 11) is 0. The zero-order valence-electron chi connectivity index (χ0n) is 28.6. The van der Waals surface area contributed by atoms with E-state index in [1.54, 1.807) is 11.3 Å². The van der Waals surface area contributed by atoms with Crippen LogP contribution in [0.25, 0.3) is 97.0 Å². The third-order valence-corrected chi connectivity index (χ3v) is 11.1. The Bertz CT molecular complexity index is 2930. The molecule has 10 aromatic rings. The van der Waals surface area contributed by atoms with Gasteiger partial charge in [0.25, 0.3) is 0 Å². The Balaban J connectivity index is 1.13. The molecule has 1 aromatic heterocycles. The number of fused-ring (bicyclic) bond motifs is 6. The van der Waals surface area contributed by atoms with Gasteiger partial charge in [-0.05, 0) is 101 Å². The second-order valence-electron chi connectivity index (χ2n) is 12.7. The van der Waals surface area contributed by atoms with Gasteiger partial charge in [0.2, 0.25) is 0 Å². The first kappa shape index (κ1) is 26.0. The van der Waals surface area contributed by atoms with E-state index in [0.29, 0.717) is 12.1 Å². The Morgan fingerprint density at radius 1 is 0.327 bits per heavy atom. The second-order valence-corrected chi connectivity index (χ2v) is 13.8. The largest absolute Gasteiger partial charge is 0.135 e. The van der Waals surface area contributed by atoms with Gasteiger partial charge >= 0.3 is 0 Å². The van der Waals surface area contributed by atoms with Gasteiger partial charge in [-0.2, -0.15) is 0 Å². The first-order valence-electron chi connectivity index (χ1n) is 17.7. The molecule has 0 fully saturated rings. The van der Waals surface area contributed by atoms with Crippen molar-refractivity contribution in [3.05, 3.63) is 182 Å². The normalized spacial score (nSPS) is 12.2. The maximum atomic E-state index is 8.07. The number of hydrogen-bond acceptors (Lipinski definition) is 1. The van der Waals surface area contributed by atoms with Crippen LogP contribution in [0.2, 0.25) is 0 Å². The minimum atomic E-state index is 0.529. The van der Waals surface area contributed by atoms with Gasteiger partial charge in [0.1, 0.15) is 0 Å². The summed E-state index contributed by atoms with van der Waals surface area (Å²) in [6.45, 7) is 0. The average Bonchev–Trinajstić information content (AvgIpc) is 3.53. The molecule has 0 aliphatic rings. The highest BCUT2D eigenvalue weighted by Gasteiger charge is 2.19. The lowest BCUT2D eigenvalue weighted by Crippen LogP contribution is -1.92. The Kier molecular flexibility index (Phi) is 6.00. The summed E-state index contributed by atoms with van der Waals surface area (Å²) in [5.41, 5.74) is 9.63. The molecule has 0 unspecified atom stereocenters. The summed E-state index contributed by atoms with van der Waals surface area (Å²) in [4.78, 5) is 0. The van der Waals surface area contributed by atoms with E-state index < -0.39 is 0 Å². The Labute approximate surface area is 292 Å². The fourth-order valence-electron chi connectivity index (χ4n) is 7.66. The highest BCUT2D eigenvalue weighted by molar-refractivity contribution is 7.25. The number of rotatable bonds is 4. The molecule has 0 aliphatic carbocycles. The predicted octanol–water partition coefficient (Wildman–Crippen LogP) is 14.2. The maximum Gasteiger partial charge on any atom is 0.0623 e. The standard InChI is InChI=1S/C48H30S/c1-2-12-34-29-36(26-23-31(34)11-1)37-13-3-4-15-39(37)48-42-18-7-5-16-40(42)47(41-17-6-8-19-43(41)48)33-24-21-32(22-25-33)35-27-28-46-44(30-35)38-14-9-10-20-45(38)49-46/h1-30H/i1D,10D. The van der Waals surface area contributed by atoms with E-state index in [-0.39, 0.29) is 0 Å². The molecule has 0 spiro atoms. The average molecular weight is 641 g/mol. The van der Waals surface area contributed by atoms with Crippen LogP contribution >= 0.6 is 11.3 Å². The van der Waals surface area contributed by atoms with Gasteiger partial charge < -0.3 is 0 Å². The molecule has 0 atom stereocenters. The molecule has 0 aliphatic heterocycles. The smallest absolute Gasteiger partial charge is 0.0623 e. The van der Waals surface area contributed by atoms with Crippen LogP contribution in [0.4, 0.5) is 0 Å². The van der Waals surface area contributed by atoms with E-state index in [0.717, 1.165) is 15.5 Å². The summed E-state index contributed by atoms with van der Waals surface area (Å²) in [6.07, 6.45) is 0. The molecule has 10 rings (SSSR count). The lowest BCUT2D eigenvalue weighted by molar-refractivity contribution is 1.62. The van der Waals surface area contributed by atoms with Crippen LogP contribution in [0.3, 0.4) is 0 Å². The molecular weight excluding hydrogens is 609 g/mol. The van der Waals surface area contributed by atoms with E-state index in [1.165, 1.54) is 81.5 Å². The molecule has 49 heavy (non-hydrogen) atoms. The van der Waals surface area contributed by atoms with E-state index in [1.807, 2.05) is 30.3 Å². The molecular formula is C48H30S.